The van der Waals surface area contributed by atoms with E-state index in [-0.39, 0.29) is 30.0 Å². The summed E-state index contributed by atoms with van der Waals surface area (Å²) in [4.78, 5) is 26.7. The Kier molecular flexibility index (Phi) is 4.27. The lowest BCUT2D eigenvalue weighted by molar-refractivity contribution is -0.117. The van der Waals surface area contributed by atoms with Gasteiger partial charge >= 0.3 is 0 Å². The Morgan fingerprint density at radius 3 is 2.42 bits per heavy atom. The molecule has 1 fully saturated rings. The molecule has 0 saturated carbocycles. The lowest BCUT2D eigenvalue weighted by Crippen LogP contribution is -2.37. The minimum Gasteiger partial charge on any atom is -0.459 e. The van der Waals surface area contributed by atoms with Gasteiger partial charge in [0.2, 0.25) is 5.91 Å². The number of hydrogen-bond donors (Lipinski definition) is 1. The first-order chi connectivity index (χ1) is 12.7. The van der Waals surface area contributed by atoms with Crippen molar-refractivity contribution >= 4 is 17.5 Å². The normalized spacial score (nSPS) is 16.7. The SMILES string of the molecule is O=C(N[C@@H]1CC(=O)N(c2ccccc2)C1)c1occc1-c1ccccc1. The number of carbonyl (C=O) groups is 2. The fraction of sp³-hybridized carbons (Fsp3) is 0.143. The summed E-state index contributed by atoms with van der Waals surface area (Å²) in [5, 5.41) is 2.93. The van der Waals surface area contributed by atoms with Crippen LogP contribution in [0.5, 0.6) is 0 Å². The predicted molar refractivity (Wildman–Crippen MR) is 98.8 cm³/mol. The zero-order valence-electron chi connectivity index (χ0n) is 14.1. The number of amides is 2. The molecule has 1 atom stereocenters. The molecule has 2 amide bonds. The van der Waals surface area contributed by atoms with E-state index in [1.807, 2.05) is 60.7 Å². The number of anilines is 1. The van der Waals surface area contributed by atoms with Crippen molar-refractivity contribution in [3.63, 3.8) is 0 Å². The summed E-state index contributed by atoms with van der Waals surface area (Å²) in [5.74, 6) is -0.0346. The van der Waals surface area contributed by atoms with Gasteiger partial charge in [0.05, 0.1) is 12.3 Å². The Morgan fingerprint density at radius 1 is 1.00 bits per heavy atom. The van der Waals surface area contributed by atoms with Crippen LogP contribution in [-0.2, 0) is 4.79 Å². The van der Waals surface area contributed by atoms with Gasteiger partial charge in [0.15, 0.2) is 5.76 Å². The van der Waals surface area contributed by atoms with Crippen LogP contribution in [-0.4, -0.2) is 24.4 Å². The highest BCUT2D eigenvalue weighted by atomic mass is 16.3. The summed E-state index contributed by atoms with van der Waals surface area (Å²) in [7, 11) is 0. The maximum absolute atomic E-state index is 12.7. The molecule has 5 heteroatoms. The molecule has 0 aliphatic carbocycles. The molecule has 1 aliphatic heterocycles. The molecule has 0 unspecified atom stereocenters. The second kappa shape index (κ2) is 6.88. The van der Waals surface area contributed by atoms with Crippen LogP contribution in [0.25, 0.3) is 11.1 Å². The maximum atomic E-state index is 12.7. The quantitative estimate of drug-likeness (QED) is 0.787. The van der Waals surface area contributed by atoms with Crippen molar-refractivity contribution in [2.24, 2.45) is 0 Å². The first-order valence-corrected chi connectivity index (χ1v) is 8.51. The lowest BCUT2D eigenvalue weighted by Gasteiger charge is -2.17. The average Bonchev–Trinajstić information content (AvgIpc) is 3.30. The topological polar surface area (TPSA) is 62.6 Å². The molecule has 1 saturated heterocycles. The number of nitrogens with one attached hydrogen (secondary N) is 1. The van der Waals surface area contributed by atoms with Gasteiger partial charge in [-0.05, 0) is 23.8 Å². The number of carbonyl (C=O) groups excluding carboxylic acids is 2. The van der Waals surface area contributed by atoms with Crippen LogP contribution in [0.4, 0.5) is 5.69 Å². The highest BCUT2D eigenvalue weighted by Gasteiger charge is 2.32. The lowest BCUT2D eigenvalue weighted by atomic mass is 10.1. The van der Waals surface area contributed by atoms with E-state index >= 15 is 0 Å². The van der Waals surface area contributed by atoms with E-state index in [1.54, 1.807) is 11.0 Å². The van der Waals surface area contributed by atoms with Gasteiger partial charge in [-0.2, -0.15) is 0 Å². The Morgan fingerprint density at radius 2 is 1.69 bits per heavy atom. The van der Waals surface area contributed by atoms with Gasteiger partial charge in [0, 0.05) is 24.2 Å². The predicted octanol–water partition coefficient (Wildman–Crippen LogP) is 3.48. The van der Waals surface area contributed by atoms with E-state index in [0.717, 1.165) is 16.8 Å². The van der Waals surface area contributed by atoms with Crippen molar-refractivity contribution in [1.29, 1.82) is 0 Å². The summed E-state index contributed by atoms with van der Waals surface area (Å²) >= 11 is 0. The zero-order valence-corrected chi connectivity index (χ0v) is 14.1. The Bertz CT molecular complexity index is 919. The van der Waals surface area contributed by atoms with Gasteiger partial charge in [0.1, 0.15) is 0 Å². The second-order valence-corrected chi connectivity index (χ2v) is 6.24. The molecule has 5 nitrogen and oxygen atoms in total. The largest absolute Gasteiger partial charge is 0.459 e. The number of furan rings is 1. The monoisotopic (exact) mass is 346 g/mol. The Hall–Kier alpha value is -3.34. The van der Waals surface area contributed by atoms with Gasteiger partial charge in [-0.25, -0.2) is 0 Å². The smallest absolute Gasteiger partial charge is 0.287 e. The highest BCUT2D eigenvalue weighted by molar-refractivity contribution is 6.00. The molecule has 2 heterocycles. The molecule has 3 aromatic rings. The van der Waals surface area contributed by atoms with Crippen LogP contribution in [0.1, 0.15) is 17.0 Å². The molecular formula is C21H18N2O3. The summed E-state index contributed by atoms with van der Waals surface area (Å²) in [6.07, 6.45) is 1.79. The van der Waals surface area contributed by atoms with Gasteiger partial charge in [-0.15, -0.1) is 0 Å². The van der Waals surface area contributed by atoms with Crippen LogP contribution < -0.4 is 10.2 Å². The molecule has 130 valence electrons. The fourth-order valence-electron chi connectivity index (χ4n) is 3.24. The van der Waals surface area contributed by atoms with Crippen LogP contribution in [0, 0.1) is 0 Å². The standard InChI is InChI=1S/C21H18N2O3/c24-19-13-16(14-23(19)17-9-5-2-6-10-17)22-21(25)20-18(11-12-26-20)15-7-3-1-4-8-15/h1-12,16H,13-14H2,(H,22,25)/t16-/m1/s1. The Labute approximate surface area is 151 Å². The van der Waals surface area contributed by atoms with Crippen LogP contribution >= 0.6 is 0 Å². The number of para-hydroxylation sites is 1. The Balaban J connectivity index is 1.49. The number of nitrogens with zero attached hydrogens (tertiary/aromatic N) is 1. The van der Waals surface area contributed by atoms with Crippen LogP contribution in [0.2, 0.25) is 0 Å². The van der Waals surface area contributed by atoms with E-state index in [1.165, 1.54) is 6.26 Å². The molecule has 1 N–H and O–H groups in total. The molecule has 4 rings (SSSR count). The van der Waals surface area contributed by atoms with Gasteiger partial charge in [-0.3, -0.25) is 9.59 Å². The van der Waals surface area contributed by atoms with Gasteiger partial charge < -0.3 is 14.6 Å². The van der Waals surface area contributed by atoms with E-state index in [4.69, 9.17) is 4.42 Å². The fourth-order valence-corrected chi connectivity index (χ4v) is 3.24. The van der Waals surface area contributed by atoms with Crippen molar-refractivity contribution in [3.8, 4) is 11.1 Å². The second-order valence-electron chi connectivity index (χ2n) is 6.24. The van der Waals surface area contributed by atoms with Crippen LogP contribution in [0.3, 0.4) is 0 Å². The number of rotatable bonds is 4. The minimum absolute atomic E-state index is 0.00391. The minimum atomic E-state index is -0.304. The molecule has 0 radical (unpaired) electrons. The van der Waals surface area contributed by atoms with E-state index < -0.39 is 0 Å². The zero-order chi connectivity index (χ0) is 17.9. The summed E-state index contributed by atoms with van der Waals surface area (Å²) in [5.41, 5.74) is 2.50. The molecule has 0 spiro atoms. The van der Waals surface area contributed by atoms with Crippen molar-refractivity contribution in [3.05, 3.63) is 78.8 Å². The average molecular weight is 346 g/mol. The van der Waals surface area contributed by atoms with Crippen molar-refractivity contribution in [1.82, 2.24) is 5.32 Å². The van der Waals surface area contributed by atoms with Gasteiger partial charge in [0.25, 0.3) is 5.91 Å². The highest BCUT2D eigenvalue weighted by Crippen LogP contribution is 2.26. The number of hydrogen-bond acceptors (Lipinski definition) is 3. The molecular weight excluding hydrogens is 328 g/mol. The third-order valence-electron chi connectivity index (χ3n) is 4.48. The first kappa shape index (κ1) is 16.1. The number of benzene rings is 2. The molecule has 0 bridgehead atoms. The van der Waals surface area contributed by atoms with Gasteiger partial charge in [-0.1, -0.05) is 48.5 Å². The maximum Gasteiger partial charge on any atom is 0.287 e. The van der Waals surface area contributed by atoms with Crippen molar-refractivity contribution in [2.75, 3.05) is 11.4 Å². The summed E-state index contributed by atoms with van der Waals surface area (Å²) in [6, 6.07) is 20.6. The molecule has 26 heavy (non-hydrogen) atoms. The molecule has 2 aromatic carbocycles. The van der Waals surface area contributed by atoms with E-state index in [9.17, 15) is 9.59 Å². The van der Waals surface area contributed by atoms with E-state index in [0.29, 0.717) is 6.54 Å². The third-order valence-corrected chi connectivity index (χ3v) is 4.48. The van der Waals surface area contributed by atoms with Crippen molar-refractivity contribution in [2.45, 2.75) is 12.5 Å². The molecule has 1 aliphatic rings. The summed E-state index contributed by atoms with van der Waals surface area (Å²) in [6.45, 7) is 0.454. The first-order valence-electron chi connectivity index (χ1n) is 8.51. The van der Waals surface area contributed by atoms with Crippen LogP contribution in [0.15, 0.2) is 77.4 Å². The summed E-state index contributed by atoms with van der Waals surface area (Å²) < 4.78 is 5.42. The van der Waals surface area contributed by atoms with E-state index in [2.05, 4.69) is 5.32 Å². The third kappa shape index (κ3) is 3.11. The van der Waals surface area contributed by atoms with Crippen molar-refractivity contribution < 1.29 is 14.0 Å². The molecule has 1 aromatic heterocycles.